The van der Waals surface area contributed by atoms with E-state index in [9.17, 15) is 33.3 Å². The van der Waals surface area contributed by atoms with E-state index in [1.165, 1.54) is 61.5 Å². The Morgan fingerprint density at radius 3 is 2.46 bits per heavy atom. The van der Waals surface area contributed by atoms with Crippen molar-refractivity contribution in [3.8, 4) is 11.6 Å². The van der Waals surface area contributed by atoms with Gasteiger partial charge in [-0.15, -0.1) is 11.3 Å². The molecule has 3 saturated heterocycles. The zero-order valence-corrected chi connectivity index (χ0v) is 36.7. The normalized spacial score (nSPS) is 22.5. The van der Waals surface area contributed by atoms with Gasteiger partial charge in [0, 0.05) is 16.8 Å². The molecule has 4 aliphatic rings. The van der Waals surface area contributed by atoms with Crippen LogP contribution in [0.1, 0.15) is 92.8 Å². The molecular formula is C44H48FN6O10PS. The molecular weight excluding hydrogens is 855 g/mol. The number of methoxy groups -OCH3 is 1. The highest BCUT2D eigenvalue weighted by Gasteiger charge is 2.68. The van der Waals surface area contributed by atoms with E-state index in [0.29, 0.717) is 67.3 Å². The average Bonchev–Trinajstić information content (AvgIpc) is 3.68. The van der Waals surface area contributed by atoms with Crippen LogP contribution in [0, 0.1) is 0 Å². The van der Waals surface area contributed by atoms with E-state index in [2.05, 4.69) is 15.4 Å². The maximum absolute atomic E-state index is 16.6. The highest BCUT2D eigenvalue weighted by atomic mass is 32.1. The first-order valence-corrected chi connectivity index (χ1v) is 23.6. The summed E-state index contributed by atoms with van der Waals surface area (Å²) in [6.45, 7) is 3.38. The number of ether oxygens (including phenoxy) is 2. The van der Waals surface area contributed by atoms with Crippen LogP contribution in [0.5, 0.6) is 11.6 Å². The number of imide groups is 2. The standard InChI is InChI=1S/C44H48FN6O10PS/c1-4-22-60-41(55)26(2)48-62(58,61-31-11-6-5-7-12-31)37(45)27-14-18-34-28(23-27)24-35(63-34)38(52)47-32-13-9-8-10-29-15-17-33(49(29)39(32)53)40(54)51-43(57)50(42(56)44(51)20-21-44)30-16-19-36(59-3)46-25-30/h5-7,11-12,14,16,18-19,23-26,29,32-33,37H,4,8-10,13,15,17,20-22H2,1-3H3,(H,47,52)(H,48,58)/t26-,29-,32-,33-,37+,62?/m0/s1. The van der Waals surface area contributed by atoms with Gasteiger partial charge in [-0.3, -0.25) is 28.5 Å². The van der Waals surface area contributed by atoms with Crippen LogP contribution in [0.4, 0.5) is 14.9 Å². The lowest BCUT2D eigenvalue weighted by molar-refractivity contribution is -0.147. The number of nitrogens with zero attached hydrogens (tertiary/aromatic N) is 4. The van der Waals surface area contributed by atoms with Gasteiger partial charge in [0.1, 0.15) is 29.4 Å². The SMILES string of the molecule is CCCOC(=O)[C@H](C)NP(=O)(Oc1ccccc1)[C@@H](F)c1ccc2sc(C(=O)N[C@H]3CCCC[C@H]4CC[C@@H](C(=O)N5C(=O)N(c6ccc(OC)nc6)C(=O)C56CC6)N4C3=O)cc2c1. The van der Waals surface area contributed by atoms with Gasteiger partial charge in [-0.2, -0.15) is 0 Å². The number of thiophene rings is 1. The molecule has 8 rings (SSSR count). The highest BCUT2D eigenvalue weighted by molar-refractivity contribution is 7.57. The first-order valence-electron chi connectivity index (χ1n) is 21.1. The van der Waals surface area contributed by atoms with E-state index in [1.54, 1.807) is 30.3 Å². The van der Waals surface area contributed by atoms with Crippen LogP contribution < -0.4 is 24.6 Å². The van der Waals surface area contributed by atoms with E-state index < -0.39 is 72.7 Å². The van der Waals surface area contributed by atoms with Crippen molar-refractivity contribution in [1.82, 2.24) is 25.2 Å². The Labute approximate surface area is 366 Å². The predicted molar refractivity (Wildman–Crippen MR) is 230 cm³/mol. The van der Waals surface area contributed by atoms with Crippen LogP contribution in [0.3, 0.4) is 0 Å². The number of hydrogen-bond acceptors (Lipinski definition) is 12. The number of para-hydroxylation sites is 1. The molecule has 2 N–H and O–H groups in total. The number of carbonyl (C=O) groups excluding carboxylic acids is 6. The number of fused-ring (bicyclic) bond motifs is 2. The van der Waals surface area contributed by atoms with Crippen LogP contribution in [0.15, 0.2) is 72.9 Å². The van der Waals surface area contributed by atoms with Crippen molar-refractivity contribution in [2.24, 2.45) is 0 Å². The third-order valence-electron chi connectivity index (χ3n) is 12.0. The number of halogens is 1. The number of anilines is 1. The van der Waals surface area contributed by atoms with Gasteiger partial charge in [0.05, 0.1) is 30.5 Å². The number of esters is 1. The van der Waals surface area contributed by atoms with Gasteiger partial charge in [0.15, 0.2) is 0 Å². The highest BCUT2D eigenvalue weighted by Crippen LogP contribution is 2.58. The number of carbonyl (C=O) groups is 6. The molecule has 5 heterocycles. The summed E-state index contributed by atoms with van der Waals surface area (Å²) in [4.78, 5) is 91.0. The minimum Gasteiger partial charge on any atom is -0.481 e. The van der Waals surface area contributed by atoms with Gasteiger partial charge in [-0.1, -0.05) is 44.0 Å². The van der Waals surface area contributed by atoms with Gasteiger partial charge in [-0.05, 0) is 99.2 Å². The van der Waals surface area contributed by atoms with E-state index >= 15 is 4.39 Å². The number of urea groups is 1. The van der Waals surface area contributed by atoms with Crippen LogP contribution >= 0.6 is 18.9 Å². The fraction of sp³-hybridized carbons (Fsp3) is 0.432. The Hall–Kier alpha value is -5.71. The number of alkyl halides is 1. The van der Waals surface area contributed by atoms with Gasteiger partial charge in [0.2, 0.25) is 17.7 Å². The monoisotopic (exact) mass is 902 g/mol. The van der Waals surface area contributed by atoms with Gasteiger partial charge < -0.3 is 24.2 Å². The number of pyridine rings is 1. The average molecular weight is 903 g/mol. The van der Waals surface area contributed by atoms with Crippen LogP contribution in [-0.2, 0) is 28.5 Å². The summed E-state index contributed by atoms with van der Waals surface area (Å²) in [6, 6.07) is 12.9. The number of aromatic nitrogens is 1. The summed E-state index contributed by atoms with van der Waals surface area (Å²) in [7, 11) is -3.05. The van der Waals surface area contributed by atoms with Crippen molar-refractivity contribution in [2.75, 3.05) is 18.6 Å². The van der Waals surface area contributed by atoms with Crippen molar-refractivity contribution in [2.45, 2.75) is 107 Å². The molecule has 1 unspecified atom stereocenters. The van der Waals surface area contributed by atoms with Crippen molar-refractivity contribution in [3.63, 3.8) is 0 Å². The van der Waals surface area contributed by atoms with Crippen molar-refractivity contribution >= 4 is 70.3 Å². The van der Waals surface area contributed by atoms with Gasteiger partial charge in [0.25, 0.3) is 17.7 Å². The maximum Gasteiger partial charge on any atom is 0.355 e. The summed E-state index contributed by atoms with van der Waals surface area (Å²) < 4.78 is 47.6. The molecule has 6 atom stereocenters. The molecule has 3 aliphatic heterocycles. The number of benzene rings is 2. The molecule has 63 heavy (non-hydrogen) atoms. The summed E-state index contributed by atoms with van der Waals surface area (Å²) in [5.74, 6) is -4.66. The molecule has 1 saturated carbocycles. The molecule has 0 bridgehead atoms. The van der Waals surface area contributed by atoms with Crippen molar-refractivity contribution < 1.29 is 51.7 Å². The second kappa shape index (κ2) is 17.8. The smallest absolute Gasteiger partial charge is 0.355 e. The molecule has 2 aromatic carbocycles. The predicted octanol–water partition coefficient (Wildman–Crippen LogP) is 7.04. The summed E-state index contributed by atoms with van der Waals surface area (Å²) >= 11 is 1.12. The van der Waals surface area contributed by atoms with Crippen molar-refractivity contribution in [1.29, 1.82) is 0 Å². The van der Waals surface area contributed by atoms with E-state index in [1.807, 2.05) is 6.92 Å². The fourth-order valence-corrected chi connectivity index (χ4v) is 11.5. The maximum atomic E-state index is 16.6. The zero-order valence-electron chi connectivity index (χ0n) is 35.0. The quantitative estimate of drug-likeness (QED) is 0.0746. The first-order chi connectivity index (χ1) is 30.3. The van der Waals surface area contributed by atoms with E-state index in [4.69, 9.17) is 14.0 Å². The van der Waals surface area contributed by atoms with E-state index in [-0.39, 0.29) is 34.5 Å². The number of nitrogens with one attached hydrogen (secondary N) is 2. The third kappa shape index (κ3) is 8.43. The minimum absolute atomic E-state index is 0.0194. The Morgan fingerprint density at radius 1 is 1.00 bits per heavy atom. The molecule has 1 spiro atoms. The largest absolute Gasteiger partial charge is 0.481 e. The second-order valence-corrected chi connectivity index (χ2v) is 19.4. The minimum atomic E-state index is -4.49. The number of rotatable bonds is 14. The lowest BCUT2D eigenvalue weighted by atomic mass is 9.99. The molecule has 4 fully saturated rings. The lowest BCUT2D eigenvalue weighted by Gasteiger charge is -2.36. The molecule has 2 aromatic heterocycles. The number of amides is 6. The first kappa shape index (κ1) is 43.9. The topological polar surface area (TPSA) is 194 Å². The Balaban J connectivity index is 0.994. The lowest BCUT2D eigenvalue weighted by Crippen LogP contribution is -2.58. The molecule has 332 valence electrons. The van der Waals surface area contributed by atoms with E-state index in [0.717, 1.165) is 27.6 Å². The molecule has 16 nitrogen and oxygen atoms in total. The Morgan fingerprint density at radius 2 is 1.76 bits per heavy atom. The summed E-state index contributed by atoms with van der Waals surface area (Å²) in [6.07, 6.45) is 5.68. The van der Waals surface area contributed by atoms with Crippen LogP contribution in [0.2, 0.25) is 0 Å². The fourth-order valence-electron chi connectivity index (χ4n) is 8.62. The van der Waals surface area contributed by atoms with Crippen LogP contribution in [-0.4, -0.2) is 93.8 Å². The van der Waals surface area contributed by atoms with Gasteiger partial charge in [-0.25, -0.2) is 29.1 Å². The zero-order chi connectivity index (χ0) is 44.6. The Kier molecular flexibility index (Phi) is 12.4. The second-order valence-electron chi connectivity index (χ2n) is 16.3. The third-order valence-corrected chi connectivity index (χ3v) is 15.2. The molecule has 4 aromatic rings. The molecule has 19 heteroatoms. The Bertz CT molecular complexity index is 2490. The van der Waals surface area contributed by atoms with Crippen molar-refractivity contribution in [3.05, 3.63) is 83.4 Å². The molecule has 1 aliphatic carbocycles. The summed E-state index contributed by atoms with van der Waals surface area (Å²) in [5.41, 5.74) is -1.14. The van der Waals surface area contributed by atoms with Crippen LogP contribution in [0.25, 0.3) is 10.1 Å². The number of hydrogen-bond donors (Lipinski definition) is 2. The molecule has 6 amide bonds. The van der Waals surface area contributed by atoms with Gasteiger partial charge >= 0.3 is 19.5 Å². The molecule has 0 radical (unpaired) electrons. The summed E-state index contributed by atoms with van der Waals surface area (Å²) in [5, 5.41) is 5.93.